The van der Waals surface area contributed by atoms with E-state index in [1.54, 1.807) is 32.0 Å². The lowest BCUT2D eigenvalue weighted by Crippen LogP contribution is -2.45. The fourth-order valence-corrected chi connectivity index (χ4v) is 4.32. The van der Waals surface area contributed by atoms with E-state index in [-0.39, 0.29) is 19.3 Å². The Bertz CT molecular complexity index is 1230. The second-order valence-corrected chi connectivity index (χ2v) is 9.53. The first-order valence-corrected chi connectivity index (χ1v) is 12.8. The lowest BCUT2D eigenvalue weighted by atomic mass is 9.95. The topological polar surface area (TPSA) is 110 Å². The zero-order valence-corrected chi connectivity index (χ0v) is 23.4. The number of nitrogens with zero attached hydrogens (tertiary/aromatic N) is 1. The molecule has 3 rings (SSSR count). The molecule has 196 valence electrons. The first-order valence-electron chi connectivity index (χ1n) is 11.6. The highest BCUT2D eigenvalue weighted by Gasteiger charge is 2.32. The number of para-hydroxylation sites is 1. The number of hydrogen-bond acceptors (Lipinski definition) is 7. The molecule has 1 amide bonds. The number of nitrogens with one attached hydrogen (secondary N) is 3. The van der Waals surface area contributed by atoms with E-state index in [4.69, 9.17) is 26.4 Å². The lowest BCUT2D eigenvalue weighted by Gasteiger charge is -2.30. The van der Waals surface area contributed by atoms with Crippen LogP contribution >= 0.6 is 28.1 Å². The smallest absolute Gasteiger partial charge is 0.338 e. The normalized spacial score (nSPS) is 15.3. The molecular formula is C26H29BrN4O5S. The zero-order chi connectivity index (χ0) is 26.9. The molecule has 1 aliphatic rings. The van der Waals surface area contributed by atoms with Gasteiger partial charge >= 0.3 is 5.97 Å². The maximum atomic E-state index is 12.7. The summed E-state index contributed by atoms with van der Waals surface area (Å²) in [5.41, 5.74) is 4.84. The summed E-state index contributed by atoms with van der Waals surface area (Å²) in [6.45, 7) is 7.35. The van der Waals surface area contributed by atoms with Gasteiger partial charge in [0.1, 0.15) is 11.5 Å². The highest BCUT2D eigenvalue weighted by molar-refractivity contribution is 9.10. The molecule has 0 spiro atoms. The molecule has 9 nitrogen and oxygen atoms in total. The molecule has 0 bridgehead atoms. The van der Waals surface area contributed by atoms with Crippen LogP contribution in [0.3, 0.4) is 0 Å². The Labute approximate surface area is 229 Å². The highest BCUT2D eigenvalue weighted by Crippen LogP contribution is 2.33. The monoisotopic (exact) mass is 588 g/mol. The van der Waals surface area contributed by atoms with Crippen molar-refractivity contribution in [3.05, 3.63) is 69.3 Å². The number of hydrogen-bond donors (Lipinski definition) is 3. The van der Waals surface area contributed by atoms with Crippen molar-refractivity contribution in [1.29, 1.82) is 0 Å². The fourth-order valence-electron chi connectivity index (χ4n) is 3.56. The second kappa shape index (κ2) is 13.2. The van der Waals surface area contributed by atoms with Gasteiger partial charge < -0.3 is 24.8 Å². The predicted molar refractivity (Wildman–Crippen MR) is 149 cm³/mol. The zero-order valence-electron chi connectivity index (χ0n) is 21.0. The number of esters is 1. The molecule has 0 unspecified atom stereocenters. The Balaban J connectivity index is 1.67. The van der Waals surface area contributed by atoms with Crippen LogP contribution < -0.4 is 25.5 Å². The van der Waals surface area contributed by atoms with Crippen molar-refractivity contribution >= 4 is 51.4 Å². The summed E-state index contributed by atoms with van der Waals surface area (Å²) in [4.78, 5) is 25.1. The van der Waals surface area contributed by atoms with Gasteiger partial charge in [0.2, 0.25) is 0 Å². The Morgan fingerprint density at radius 2 is 1.97 bits per heavy atom. The number of allylic oxidation sites excluding steroid dienone is 1. The van der Waals surface area contributed by atoms with Crippen LogP contribution in [0.1, 0.15) is 44.9 Å². The molecule has 2 aromatic rings. The van der Waals surface area contributed by atoms with E-state index in [9.17, 15) is 9.59 Å². The van der Waals surface area contributed by atoms with Gasteiger partial charge in [-0.1, -0.05) is 18.2 Å². The number of amides is 1. The maximum Gasteiger partial charge on any atom is 0.338 e. The summed E-state index contributed by atoms with van der Waals surface area (Å²) in [6, 6.07) is 12.0. The van der Waals surface area contributed by atoms with Gasteiger partial charge in [-0.2, -0.15) is 5.10 Å². The molecule has 37 heavy (non-hydrogen) atoms. The molecule has 11 heteroatoms. The Morgan fingerprint density at radius 1 is 1.22 bits per heavy atom. The van der Waals surface area contributed by atoms with Gasteiger partial charge in [0.05, 0.1) is 35.0 Å². The van der Waals surface area contributed by atoms with E-state index in [1.165, 1.54) is 6.21 Å². The van der Waals surface area contributed by atoms with E-state index in [1.807, 2.05) is 38.1 Å². The van der Waals surface area contributed by atoms with Gasteiger partial charge in [-0.15, -0.1) is 0 Å². The summed E-state index contributed by atoms with van der Waals surface area (Å²) >= 11 is 8.77. The minimum absolute atomic E-state index is 0.0548. The molecule has 0 saturated heterocycles. The third kappa shape index (κ3) is 7.77. The largest absolute Gasteiger partial charge is 0.490 e. The van der Waals surface area contributed by atoms with Crippen molar-refractivity contribution < 1.29 is 23.8 Å². The number of hydrazone groups is 1. The van der Waals surface area contributed by atoms with Crippen LogP contribution in [0.2, 0.25) is 0 Å². The van der Waals surface area contributed by atoms with Crippen molar-refractivity contribution in [3.63, 3.8) is 0 Å². The molecule has 0 aliphatic carbocycles. The first-order chi connectivity index (χ1) is 17.7. The predicted octanol–water partition coefficient (Wildman–Crippen LogP) is 4.12. The van der Waals surface area contributed by atoms with Gasteiger partial charge in [0.15, 0.2) is 11.7 Å². The summed E-state index contributed by atoms with van der Waals surface area (Å²) in [7, 11) is 0. The highest BCUT2D eigenvalue weighted by atomic mass is 79.9. The standard InChI is InChI=1S/C26H29BrN4O5S/c1-5-34-25(33)23-16(4)29-26(37)30-24(23)18-8-6-7-9-20(18)35-14-22(32)31-28-13-17-10-11-21(19(27)12-17)36-15(2)3/h6-13,15,24H,5,14H2,1-4H3,(H,31,32)(H2,29,30,37)/t24-/m0/s1. The van der Waals surface area contributed by atoms with Crippen LogP contribution in [0.5, 0.6) is 11.5 Å². The van der Waals surface area contributed by atoms with E-state index in [0.29, 0.717) is 27.7 Å². The van der Waals surface area contributed by atoms with E-state index >= 15 is 0 Å². The fraction of sp³-hybridized carbons (Fsp3) is 0.308. The molecule has 0 radical (unpaired) electrons. The number of halogens is 1. The average molecular weight is 590 g/mol. The number of ether oxygens (including phenoxy) is 3. The molecule has 3 N–H and O–H groups in total. The van der Waals surface area contributed by atoms with Crippen LogP contribution in [0, 0.1) is 0 Å². The van der Waals surface area contributed by atoms with Gasteiger partial charge in [-0.3, -0.25) is 4.79 Å². The average Bonchev–Trinajstić information content (AvgIpc) is 2.84. The summed E-state index contributed by atoms with van der Waals surface area (Å²) in [5.74, 6) is 0.229. The summed E-state index contributed by atoms with van der Waals surface area (Å²) in [6.07, 6.45) is 1.58. The van der Waals surface area contributed by atoms with Crippen LogP contribution in [-0.2, 0) is 14.3 Å². The van der Waals surface area contributed by atoms with Crippen molar-refractivity contribution in [2.75, 3.05) is 13.2 Å². The Kier molecular flexibility index (Phi) is 10.0. The van der Waals surface area contributed by atoms with Crippen molar-refractivity contribution in [3.8, 4) is 11.5 Å². The molecule has 1 aliphatic heterocycles. The van der Waals surface area contributed by atoms with Crippen LogP contribution in [0.15, 0.2) is 63.3 Å². The second-order valence-electron chi connectivity index (χ2n) is 8.27. The third-order valence-electron chi connectivity index (χ3n) is 5.07. The number of rotatable bonds is 10. The SMILES string of the molecule is CCOC(=O)C1=C(C)NC(=S)N[C@H]1c1ccccc1OCC(=O)NN=Cc1ccc(OC(C)C)c(Br)c1. The van der Waals surface area contributed by atoms with E-state index in [0.717, 1.165) is 15.8 Å². The maximum absolute atomic E-state index is 12.7. The number of benzene rings is 2. The van der Waals surface area contributed by atoms with E-state index in [2.05, 4.69) is 37.1 Å². The van der Waals surface area contributed by atoms with Crippen molar-refractivity contribution in [2.24, 2.45) is 5.10 Å². The minimum atomic E-state index is -0.605. The van der Waals surface area contributed by atoms with Crippen LogP contribution in [-0.4, -0.2) is 42.5 Å². The minimum Gasteiger partial charge on any atom is -0.490 e. The summed E-state index contributed by atoms with van der Waals surface area (Å²) in [5, 5.41) is 10.4. The number of carbonyl (C=O) groups excluding carboxylic acids is 2. The van der Waals surface area contributed by atoms with Gasteiger partial charge in [-0.25, -0.2) is 10.2 Å². The van der Waals surface area contributed by atoms with E-state index < -0.39 is 17.9 Å². The molecule has 0 saturated carbocycles. The molecular weight excluding hydrogens is 560 g/mol. The van der Waals surface area contributed by atoms with Gasteiger partial charge in [-0.05, 0) is 85.7 Å². The number of carbonyl (C=O) groups is 2. The number of thiocarbonyl (C=S) groups is 1. The molecule has 0 fully saturated rings. The van der Waals surface area contributed by atoms with Crippen LogP contribution in [0.25, 0.3) is 0 Å². The molecule has 2 aromatic carbocycles. The molecule has 1 atom stereocenters. The summed E-state index contributed by atoms with van der Waals surface area (Å²) < 4.78 is 17.5. The van der Waals surface area contributed by atoms with Crippen LogP contribution in [0.4, 0.5) is 0 Å². The molecule has 0 aromatic heterocycles. The van der Waals surface area contributed by atoms with Crippen molar-refractivity contribution in [1.82, 2.24) is 16.1 Å². The molecule has 1 heterocycles. The Morgan fingerprint density at radius 3 is 2.68 bits per heavy atom. The van der Waals surface area contributed by atoms with Crippen molar-refractivity contribution in [2.45, 2.75) is 39.8 Å². The quantitative estimate of drug-likeness (QED) is 0.164. The third-order valence-corrected chi connectivity index (χ3v) is 5.91. The Hall–Kier alpha value is -3.44. The lowest BCUT2D eigenvalue weighted by molar-refractivity contribution is -0.139. The van der Waals surface area contributed by atoms with Gasteiger partial charge in [0, 0.05) is 11.3 Å². The first kappa shape index (κ1) is 28.1. The van der Waals surface area contributed by atoms with Gasteiger partial charge in [0.25, 0.3) is 5.91 Å².